The first kappa shape index (κ1) is 27.1. The van der Waals surface area contributed by atoms with E-state index in [1.165, 1.54) is 0 Å². The maximum atomic E-state index is 12.8. The van der Waals surface area contributed by atoms with Crippen LogP contribution in [-0.2, 0) is 14.8 Å². The standard InChI is InChI=1S/C25H31BrN6O4S/c1-3-11-28-37(33,34)23-8-6-5-7-21(23)29-24-19(26)17-27-25(31-24)30-20-10-9-18(16-22(20)36-4-2)32-12-14-35-15-13-32/h5-10,16-17,28H,3-4,11-15H2,1-2H3,(H2,27,29,30,31). The first-order valence-electron chi connectivity index (χ1n) is 12.2. The molecule has 0 unspecified atom stereocenters. The first-order chi connectivity index (χ1) is 17.9. The van der Waals surface area contributed by atoms with Gasteiger partial charge in [0, 0.05) is 37.6 Å². The number of nitrogens with zero attached hydrogens (tertiary/aromatic N) is 3. The number of anilines is 5. The summed E-state index contributed by atoms with van der Waals surface area (Å²) in [6, 6.07) is 12.7. The first-order valence-corrected chi connectivity index (χ1v) is 14.4. The molecule has 1 aliphatic heterocycles. The monoisotopic (exact) mass is 590 g/mol. The SMILES string of the molecule is CCCNS(=O)(=O)c1ccccc1Nc1nc(Nc2ccc(N3CCOCC3)cc2OCC)ncc1Br. The van der Waals surface area contributed by atoms with E-state index in [9.17, 15) is 8.42 Å². The number of hydrogen-bond donors (Lipinski definition) is 3. The van der Waals surface area contributed by atoms with E-state index >= 15 is 0 Å². The highest BCUT2D eigenvalue weighted by atomic mass is 79.9. The molecule has 4 rings (SSSR count). The van der Waals surface area contributed by atoms with Gasteiger partial charge in [-0.3, -0.25) is 0 Å². The highest BCUT2D eigenvalue weighted by molar-refractivity contribution is 9.10. The molecular weight excluding hydrogens is 560 g/mol. The highest BCUT2D eigenvalue weighted by Crippen LogP contribution is 2.33. The fourth-order valence-corrected chi connectivity index (χ4v) is 5.37. The smallest absolute Gasteiger partial charge is 0.242 e. The molecule has 1 aromatic heterocycles. The zero-order valence-electron chi connectivity index (χ0n) is 20.8. The molecule has 12 heteroatoms. The molecule has 198 valence electrons. The van der Waals surface area contributed by atoms with Crippen molar-refractivity contribution in [1.29, 1.82) is 0 Å². The van der Waals surface area contributed by atoms with Crippen LogP contribution in [0.2, 0.25) is 0 Å². The lowest BCUT2D eigenvalue weighted by molar-refractivity contribution is 0.122. The van der Waals surface area contributed by atoms with Crippen molar-refractivity contribution in [2.75, 3.05) is 55.0 Å². The number of para-hydroxylation sites is 1. The Morgan fingerprint density at radius 3 is 2.62 bits per heavy atom. The molecule has 0 amide bonds. The van der Waals surface area contributed by atoms with Crippen molar-refractivity contribution in [3.63, 3.8) is 0 Å². The summed E-state index contributed by atoms with van der Waals surface area (Å²) in [5, 5.41) is 6.37. The van der Waals surface area contributed by atoms with Crippen LogP contribution in [0.1, 0.15) is 20.3 Å². The number of benzene rings is 2. The molecule has 2 heterocycles. The number of halogens is 1. The van der Waals surface area contributed by atoms with Gasteiger partial charge in [-0.25, -0.2) is 18.1 Å². The molecule has 0 spiro atoms. The van der Waals surface area contributed by atoms with E-state index in [0.29, 0.717) is 60.5 Å². The van der Waals surface area contributed by atoms with Crippen LogP contribution in [0, 0.1) is 0 Å². The summed E-state index contributed by atoms with van der Waals surface area (Å²) >= 11 is 3.46. The summed E-state index contributed by atoms with van der Waals surface area (Å²) in [7, 11) is -3.69. The summed E-state index contributed by atoms with van der Waals surface area (Å²) in [5.74, 6) is 1.43. The molecule has 1 saturated heterocycles. The minimum Gasteiger partial charge on any atom is -0.492 e. The quantitative estimate of drug-likeness (QED) is 0.293. The molecule has 1 aliphatic rings. The third-order valence-electron chi connectivity index (χ3n) is 5.60. The van der Waals surface area contributed by atoms with Gasteiger partial charge in [-0.15, -0.1) is 0 Å². The normalized spacial score (nSPS) is 13.9. The van der Waals surface area contributed by atoms with Crippen LogP contribution in [0.4, 0.5) is 28.8 Å². The van der Waals surface area contributed by atoms with Gasteiger partial charge < -0.3 is 25.0 Å². The van der Waals surface area contributed by atoms with Crippen LogP contribution in [0.5, 0.6) is 5.75 Å². The average molecular weight is 592 g/mol. The van der Waals surface area contributed by atoms with Crippen molar-refractivity contribution >= 4 is 54.8 Å². The Balaban J connectivity index is 1.58. The average Bonchev–Trinajstić information content (AvgIpc) is 2.91. The lowest BCUT2D eigenvalue weighted by Crippen LogP contribution is -2.36. The van der Waals surface area contributed by atoms with Gasteiger partial charge in [0.05, 0.1) is 35.7 Å². The summed E-state index contributed by atoms with van der Waals surface area (Å²) in [6.45, 7) is 7.76. The molecule has 0 bridgehead atoms. The molecule has 1 fully saturated rings. The van der Waals surface area contributed by atoms with Crippen molar-refractivity contribution in [2.24, 2.45) is 0 Å². The van der Waals surface area contributed by atoms with Crippen molar-refractivity contribution < 1.29 is 17.9 Å². The van der Waals surface area contributed by atoms with Gasteiger partial charge in [-0.1, -0.05) is 19.1 Å². The second-order valence-electron chi connectivity index (χ2n) is 8.25. The molecule has 37 heavy (non-hydrogen) atoms. The van der Waals surface area contributed by atoms with Crippen molar-refractivity contribution in [3.05, 3.63) is 53.1 Å². The summed E-state index contributed by atoms with van der Waals surface area (Å²) in [5.41, 5.74) is 2.19. The predicted octanol–water partition coefficient (Wildman–Crippen LogP) is 4.65. The number of ether oxygens (including phenoxy) is 2. The Hall–Kier alpha value is -2.93. The van der Waals surface area contributed by atoms with Crippen molar-refractivity contribution in [1.82, 2.24) is 14.7 Å². The second-order valence-corrected chi connectivity index (χ2v) is 10.8. The van der Waals surface area contributed by atoms with Gasteiger partial charge >= 0.3 is 0 Å². The zero-order valence-corrected chi connectivity index (χ0v) is 23.2. The van der Waals surface area contributed by atoms with E-state index in [0.717, 1.165) is 24.5 Å². The second kappa shape index (κ2) is 12.5. The molecule has 0 atom stereocenters. The molecule has 10 nitrogen and oxygen atoms in total. The van der Waals surface area contributed by atoms with Crippen molar-refractivity contribution in [2.45, 2.75) is 25.2 Å². The van der Waals surface area contributed by atoms with Gasteiger partial charge in [-0.05, 0) is 53.5 Å². The van der Waals surface area contributed by atoms with Crippen LogP contribution < -0.4 is 25.0 Å². The summed E-state index contributed by atoms with van der Waals surface area (Å²) in [4.78, 5) is 11.4. The number of aromatic nitrogens is 2. The van der Waals surface area contributed by atoms with Gasteiger partial charge in [0.25, 0.3) is 0 Å². The minimum atomic E-state index is -3.69. The van der Waals surface area contributed by atoms with E-state index in [2.05, 4.69) is 46.2 Å². The number of nitrogens with one attached hydrogen (secondary N) is 3. The lowest BCUT2D eigenvalue weighted by atomic mass is 10.2. The third-order valence-corrected chi connectivity index (χ3v) is 7.70. The predicted molar refractivity (Wildman–Crippen MR) is 149 cm³/mol. The van der Waals surface area contributed by atoms with E-state index in [1.54, 1.807) is 30.5 Å². The Labute approximate surface area is 226 Å². The molecule has 3 N–H and O–H groups in total. The fraction of sp³-hybridized carbons (Fsp3) is 0.360. The van der Waals surface area contributed by atoms with Crippen LogP contribution in [0.15, 0.2) is 58.0 Å². The molecule has 2 aromatic carbocycles. The topological polar surface area (TPSA) is 118 Å². The molecule has 0 saturated carbocycles. The number of sulfonamides is 1. The number of morpholine rings is 1. The van der Waals surface area contributed by atoms with E-state index in [4.69, 9.17) is 9.47 Å². The maximum absolute atomic E-state index is 12.8. The Kier molecular flexibility index (Phi) is 9.19. The minimum absolute atomic E-state index is 0.140. The lowest BCUT2D eigenvalue weighted by Gasteiger charge is -2.29. The van der Waals surface area contributed by atoms with Gasteiger partial charge in [0.1, 0.15) is 16.5 Å². The van der Waals surface area contributed by atoms with Gasteiger partial charge in [0.2, 0.25) is 16.0 Å². The fourth-order valence-electron chi connectivity index (χ4n) is 3.79. The third kappa shape index (κ3) is 6.89. The molecule has 0 radical (unpaired) electrons. The van der Waals surface area contributed by atoms with E-state index in [-0.39, 0.29) is 4.90 Å². The number of rotatable bonds is 11. The van der Waals surface area contributed by atoms with Crippen LogP contribution in [-0.4, -0.2) is 57.8 Å². The van der Waals surface area contributed by atoms with Gasteiger partial charge in [-0.2, -0.15) is 4.98 Å². The zero-order chi connectivity index (χ0) is 26.3. The largest absolute Gasteiger partial charge is 0.492 e. The maximum Gasteiger partial charge on any atom is 0.242 e. The van der Waals surface area contributed by atoms with Crippen LogP contribution in [0.3, 0.4) is 0 Å². The molecule has 0 aliphatic carbocycles. The van der Waals surface area contributed by atoms with Gasteiger partial charge in [0.15, 0.2) is 0 Å². The highest BCUT2D eigenvalue weighted by Gasteiger charge is 2.19. The summed E-state index contributed by atoms with van der Waals surface area (Å²) in [6.07, 6.45) is 2.30. The van der Waals surface area contributed by atoms with Crippen LogP contribution in [0.25, 0.3) is 0 Å². The Morgan fingerprint density at radius 1 is 1.08 bits per heavy atom. The molecular formula is C25H31BrN6O4S. The summed E-state index contributed by atoms with van der Waals surface area (Å²) < 4.78 is 40.2. The number of hydrogen-bond acceptors (Lipinski definition) is 9. The van der Waals surface area contributed by atoms with E-state index < -0.39 is 10.0 Å². The van der Waals surface area contributed by atoms with E-state index in [1.807, 2.05) is 32.0 Å². The molecule has 3 aromatic rings. The van der Waals surface area contributed by atoms with Crippen LogP contribution >= 0.6 is 15.9 Å². The van der Waals surface area contributed by atoms with Crippen molar-refractivity contribution in [3.8, 4) is 5.75 Å². The Bertz CT molecular complexity index is 1320. The Morgan fingerprint density at radius 2 is 1.86 bits per heavy atom.